The van der Waals surface area contributed by atoms with Crippen molar-refractivity contribution in [1.82, 2.24) is 5.32 Å². The summed E-state index contributed by atoms with van der Waals surface area (Å²) in [5.74, 6) is -2.31. The predicted octanol–water partition coefficient (Wildman–Crippen LogP) is 1.61. The van der Waals surface area contributed by atoms with Crippen LogP contribution in [0.2, 0.25) is 0 Å². The largest absolute Gasteiger partial charge is 0.481 e. The number of carboxylic acids is 1. The van der Waals surface area contributed by atoms with Crippen molar-refractivity contribution in [1.29, 1.82) is 0 Å². The molecule has 2 bridgehead atoms. The van der Waals surface area contributed by atoms with E-state index in [9.17, 15) is 14.7 Å². The predicted molar refractivity (Wildman–Crippen MR) is 80.3 cm³/mol. The molecule has 1 aromatic rings. The Balaban J connectivity index is 1.48. The second-order valence-electron chi connectivity index (χ2n) is 6.06. The monoisotopic (exact) mass is 303 g/mol. The highest BCUT2D eigenvalue weighted by Gasteiger charge is 2.55. The Bertz CT molecular complexity index is 545. The van der Waals surface area contributed by atoms with Crippen LogP contribution >= 0.6 is 0 Å². The highest BCUT2D eigenvalue weighted by atomic mass is 16.5. The minimum absolute atomic E-state index is 0.173. The van der Waals surface area contributed by atoms with Crippen molar-refractivity contribution in [3.05, 3.63) is 35.9 Å². The van der Waals surface area contributed by atoms with E-state index in [2.05, 4.69) is 17.4 Å². The second-order valence-corrected chi connectivity index (χ2v) is 6.06. The van der Waals surface area contributed by atoms with Crippen molar-refractivity contribution in [3.63, 3.8) is 0 Å². The van der Waals surface area contributed by atoms with E-state index in [1.807, 2.05) is 18.2 Å². The van der Waals surface area contributed by atoms with Gasteiger partial charge in [-0.2, -0.15) is 0 Å². The van der Waals surface area contributed by atoms with Crippen molar-refractivity contribution < 1.29 is 19.4 Å². The summed E-state index contributed by atoms with van der Waals surface area (Å²) >= 11 is 0. The first-order chi connectivity index (χ1) is 10.7. The molecule has 118 valence electrons. The number of amides is 1. The molecule has 22 heavy (non-hydrogen) atoms. The molecule has 2 aliphatic heterocycles. The number of hydrogen-bond donors (Lipinski definition) is 2. The highest BCUT2D eigenvalue weighted by Crippen LogP contribution is 2.43. The Morgan fingerprint density at radius 1 is 1.14 bits per heavy atom. The van der Waals surface area contributed by atoms with Gasteiger partial charge in [-0.25, -0.2) is 0 Å². The van der Waals surface area contributed by atoms with E-state index < -0.39 is 17.8 Å². The van der Waals surface area contributed by atoms with Crippen molar-refractivity contribution in [2.24, 2.45) is 11.8 Å². The summed E-state index contributed by atoms with van der Waals surface area (Å²) in [5.41, 5.74) is 1.24. The summed E-state index contributed by atoms with van der Waals surface area (Å²) < 4.78 is 5.61. The number of hydrogen-bond acceptors (Lipinski definition) is 3. The third kappa shape index (κ3) is 2.99. The van der Waals surface area contributed by atoms with Crippen molar-refractivity contribution in [2.45, 2.75) is 37.9 Å². The average Bonchev–Trinajstić information content (AvgIpc) is 3.13. The van der Waals surface area contributed by atoms with Gasteiger partial charge in [0.15, 0.2) is 0 Å². The molecular formula is C17H21NO4. The molecule has 1 amide bonds. The van der Waals surface area contributed by atoms with E-state index in [0.717, 1.165) is 25.7 Å². The molecule has 5 heteroatoms. The SMILES string of the molecule is O=C(O)C1C(C(=O)NCCCc2ccccc2)[C@H]2CC[C@@H]1O2. The number of ether oxygens (including phenoxy) is 1. The molecule has 0 radical (unpaired) electrons. The lowest BCUT2D eigenvalue weighted by Gasteiger charge is -2.23. The van der Waals surface area contributed by atoms with Gasteiger partial charge in [0.1, 0.15) is 0 Å². The fourth-order valence-electron chi connectivity index (χ4n) is 3.59. The Labute approximate surface area is 129 Å². The molecule has 3 rings (SSSR count). The van der Waals surface area contributed by atoms with Gasteiger partial charge in [-0.1, -0.05) is 30.3 Å². The van der Waals surface area contributed by atoms with E-state index >= 15 is 0 Å². The molecule has 2 N–H and O–H groups in total. The van der Waals surface area contributed by atoms with Crippen molar-refractivity contribution >= 4 is 11.9 Å². The fraction of sp³-hybridized carbons (Fsp3) is 0.529. The number of fused-ring (bicyclic) bond motifs is 2. The van der Waals surface area contributed by atoms with Crippen LogP contribution in [-0.4, -0.2) is 35.7 Å². The van der Waals surface area contributed by atoms with Gasteiger partial charge in [-0.05, 0) is 31.2 Å². The fourth-order valence-corrected chi connectivity index (χ4v) is 3.59. The highest BCUT2D eigenvalue weighted by molar-refractivity contribution is 5.86. The van der Waals surface area contributed by atoms with E-state index in [4.69, 9.17) is 4.74 Å². The van der Waals surface area contributed by atoms with Crippen LogP contribution in [0.15, 0.2) is 30.3 Å². The molecule has 2 fully saturated rings. The molecule has 5 nitrogen and oxygen atoms in total. The maximum absolute atomic E-state index is 12.3. The minimum atomic E-state index is -0.920. The number of aryl methyl sites for hydroxylation is 1. The first kappa shape index (κ1) is 15.0. The first-order valence-corrected chi connectivity index (χ1v) is 7.86. The summed E-state index contributed by atoms with van der Waals surface area (Å²) in [5, 5.41) is 12.2. The number of carbonyl (C=O) groups is 2. The van der Waals surface area contributed by atoms with Crippen LogP contribution in [-0.2, 0) is 20.7 Å². The van der Waals surface area contributed by atoms with Crippen LogP contribution in [0.1, 0.15) is 24.8 Å². The quantitative estimate of drug-likeness (QED) is 0.783. The number of nitrogens with one attached hydrogen (secondary N) is 1. The van der Waals surface area contributed by atoms with Crippen LogP contribution in [0, 0.1) is 11.8 Å². The third-order valence-electron chi connectivity index (χ3n) is 4.65. The molecule has 0 spiro atoms. The Morgan fingerprint density at radius 3 is 2.50 bits per heavy atom. The summed E-state index contributed by atoms with van der Waals surface area (Å²) in [6.07, 6.45) is 2.77. The molecule has 1 aromatic carbocycles. The summed E-state index contributed by atoms with van der Waals surface area (Å²) in [4.78, 5) is 23.7. The zero-order valence-corrected chi connectivity index (χ0v) is 12.4. The van der Waals surface area contributed by atoms with Crippen LogP contribution < -0.4 is 5.32 Å². The first-order valence-electron chi connectivity index (χ1n) is 7.86. The smallest absolute Gasteiger partial charge is 0.310 e. The second kappa shape index (κ2) is 6.48. The summed E-state index contributed by atoms with van der Waals surface area (Å²) in [6.45, 7) is 0.563. The topological polar surface area (TPSA) is 75.6 Å². The van der Waals surface area contributed by atoms with Gasteiger partial charge in [0, 0.05) is 6.54 Å². The standard InChI is InChI=1S/C17H21NO4/c19-16(18-10-4-7-11-5-2-1-3-6-11)14-12-8-9-13(22-12)15(14)17(20)21/h1-3,5-6,12-15H,4,7-10H2,(H,18,19)(H,20,21)/t12-,13+,14?,15?/m1/s1. The maximum Gasteiger partial charge on any atom is 0.310 e. The molecule has 0 aromatic heterocycles. The summed E-state index contributed by atoms with van der Waals surface area (Å²) in [7, 11) is 0. The van der Waals surface area contributed by atoms with Gasteiger partial charge in [-0.3, -0.25) is 9.59 Å². The normalized spacial score (nSPS) is 29.5. The molecule has 4 atom stereocenters. The molecule has 2 saturated heterocycles. The third-order valence-corrected chi connectivity index (χ3v) is 4.65. The van der Waals surface area contributed by atoms with Crippen LogP contribution in [0.5, 0.6) is 0 Å². The van der Waals surface area contributed by atoms with E-state index in [0.29, 0.717) is 6.54 Å². The zero-order chi connectivity index (χ0) is 15.5. The van der Waals surface area contributed by atoms with Gasteiger partial charge in [0.2, 0.25) is 5.91 Å². The number of carbonyl (C=O) groups excluding carboxylic acids is 1. The van der Waals surface area contributed by atoms with Gasteiger partial charge in [0.25, 0.3) is 0 Å². The summed E-state index contributed by atoms with van der Waals surface area (Å²) in [6, 6.07) is 10.1. The maximum atomic E-state index is 12.3. The van der Waals surface area contributed by atoms with Crippen LogP contribution in [0.3, 0.4) is 0 Å². The zero-order valence-electron chi connectivity index (χ0n) is 12.4. The number of aliphatic carboxylic acids is 1. The van der Waals surface area contributed by atoms with E-state index in [1.54, 1.807) is 0 Å². The minimum Gasteiger partial charge on any atom is -0.481 e. The van der Waals surface area contributed by atoms with Crippen molar-refractivity contribution in [3.8, 4) is 0 Å². The molecule has 2 heterocycles. The number of carboxylic acid groups (broad SMARTS) is 1. The lowest BCUT2D eigenvalue weighted by Crippen LogP contribution is -2.44. The van der Waals surface area contributed by atoms with Gasteiger partial charge in [-0.15, -0.1) is 0 Å². The Kier molecular flexibility index (Phi) is 4.43. The molecule has 2 unspecified atom stereocenters. The Morgan fingerprint density at radius 2 is 1.82 bits per heavy atom. The lowest BCUT2D eigenvalue weighted by molar-refractivity contribution is -0.147. The lowest BCUT2D eigenvalue weighted by atomic mass is 9.78. The molecular weight excluding hydrogens is 282 g/mol. The molecule has 2 aliphatic rings. The molecule has 0 saturated carbocycles. The van der Waals surface area contributed by atoms with Crippen LogP contribution in [0.4, 0.5) is 0 Å². The number of benzene rings is 1. The van der Waals surface area contributed by atoms with Crippen LogP contribution in [0.25, 0.3) is 0 Å². The van der Waals surface area contributed by atoms with Gasteiger partial charge >= 0.3 is 5.97 Å². The van der Waals surface area contributed by atoms with E-state index in [1.165, 1.54) is 5.56 Å². The molecule has 0 aliphatic carbocycles. The average molecular weight is 303 g/mol. The van der Waals surface area contributed by atoms with Gasteiger partial charge in [0.05, 0.1) is 24.0 Å². The van der Waals surface area contributed by atoms with E-state index in [-0.39, 0.29) is 18.1 Å². The number of rotatable bonds is 6. The van der Waals surface area contributed by atoms with Gasteiger partial charge < -0.3 is 15.2 Å². The Hall–Kier alpha value is -1.88. The van der Waals surface area contributed by atoms with Crippen molar-refractivity contribution in [2.75, 3.05) is 6.54 Å².